The number of para-hydroxylation sites is 1. The number of ether oxygens (including phenoxy) is 1. The molecule has 0 aliphatic carbocycles. The molecule has 1 saturated heterocycles. The minimum absolute atomic E-state index is 0.0597. The van der Waals surface area contributed by atoms with Gasteiger partial charge in [0.15, 0.2) is 0 Å². The molecule has 2 aromatic carbocycles. The van der Waals surface area contributed by atoms with E-state index in [1.54, 1.807) is 18.2 Å². The third-order valence-electron chi connectivity index (χ3n) is 4.31. The van der Waals surface area contributed by atoms with E-state index in [9.17, 15) is 4.79 Å². The van der Waals surface area contributed by atoms with Gasteiger partial charge in [-0.15, -0.1) is 0 Å². The molecule has 1 atom stereocenters. The maximum Gasteiger partial charge on any atom is 0.304 e. The first-order chi connectivity index (χ1) is 12.5. The van der Waals surface area contributed by atoms with Crippen molar-refractivity contribution in [2.24, 2.45) is 0 Å². The fraction of sp³-hybridized carbons (Fsp3) is 0.316. The van der Waals surface area contributed by atoms with Crippen molar-refractivity contribution in [3.8, 4) is 0 Å². The van der Waals surface area contributed by atoms with Crippen LogP contribution in [0.15, 0.2) is 42.5 Å². The number of halogens is 2. The van der Waals surface area contributed by atoms with Crippen molar-refractivity contribution < 1.29 is 14.6 Å². The van der Waals surface area contributed by atoms with Crippen LogP contribution in [0.4, 0.5) is 11.4 Å². The number of hydrogen-bond acceptors (Lipinski definition) is 4. The van der Waals surface area contributed by atoms with Crippen LogP contribution in [0, 0.1) is 0 Å². The first-order valence-electron chi connectivity index (χ1n) is 8.39. The van der Waals surface area contributed by atoms with Crippen LogP contribution in [-0.4, -0.2) is 42.2 Å². The summed E-state index contributed by atoms with van der Waals surface area (Å²) >= 11 is 12.4. The van der Waals surface area contributed by atoms with Crippen molar-refractivity contribution in [3.63, 3.8) is 0 Å². The number of nitrogens with zero attached hydrogens (tertiary/aromatic N) is 1. The summed E-state index contributed by atoms with van der Waals surface area (Å²) in [5, 5.41) is 13.2. The Bertz CT molecular complexity index is 748. The lowest BCUT2D eigenvalue weighted by Gasteiger charge is -2.32. The molecule has 2 N–H and O–H groups in total. The number of nitrogens with one attached hydrogen (secondary N) is 1. The highest BCUT2D eigenvalue weighted by atomic mass is 35.5. The summed E-state index contributed by atoms with van der Waals surface area (Å²) in [7, 11) is 0. The maximum absolute atomic E-state index is 10.7. The zero-order valence-electron chi connectivity index (χ0n) is 14.1. The molecule has 138 valence electrons. The Morgan fingerprint density at radius 3 is 2.54 bits per heavy atom. The van der Waals surface area contributed by atoms with Crippen LogP contribution in [0.5, 0.6) is 0 Å². The molecule has 5 nitrogen and oxygen atoms in total. The molecule has 0 spiro atoms. The second-order valence-electron chi connectivity index (χ2n) is 6.15. The molecule has 2 aromatic rings. The molecular formula is C19H20Cl2N2O3. The molecule has 0 saturated carbocycles. The predicted octanol–water partition coefficient (Wildman–Crippen LogP) is 4.59. The second-order valence-corrected chi connectivity index (χ2v) is 6.96. The number of aliphatic carboxylic acids is 1. The lowest BCUT2D eigenvalue weighted by molar-refractivity contribution is -0.137. The van der Waals surface area contributed by atoms with Crippen LogP contribution in [0.1, 0.15) is 18.1 Å². The Morgan fingerprint density at radius 2 is 1.88 bits per heavy atom. The van der Waals surface area contributed by atoms with Gasteiger partial charge in [0.25, 0.3) is 0 Å². The van der Waals surface area contributed by atoms with Gasteiger partial charge in [-0.05, 0) is 29.8 Å². The number of carbonyl (C=O) groups is 1. The number of anilines is 2. The number of carboxylic acids is 1. The monoisotopic (exact) mass is 394 g/mol. The molecule has 0 amide bonds. The number of benzene rings is 2. The fourth-order valence-corrected chi connectivity index (χ4v) is 3.40. The Kier molecular flexibility index (Phi) is 6.38. The Hall–Kier alpha value is -1.79. The van der Waals surface area contributed by atoms with E-state index in [0.717, 1.165) is 17.8 Å². The molecule has 1 aliphatic heterocycles. The lowest BCUT2D eigenvalue weighted by atomic mass is 10.1. The van der Waals surface area contributed by atoms with E-state index in [2.05, 4.69) is 10.2 Å². The third kappa shape index (κ3) is 4.89. The minimum atomic E-state index is -0.776. The van der Waals surface area contributed by atoms with Gasteiger partial charge in [0.2, 0.25) is 0 Å². The summed E-state index contributed by atoms with van der Waals surface area (Å²) in [5.74, 6) is -0.776. The van der Waals surface area contributed by atoms with Gasteiger partial charge in [-0.25, -0.2) is 0 Å². The quantitative estimate of drug-likeness (QED) is 0.750. The smallest absolute Gasteiger partial charge is 0.304 e. The minimum Gasteiger partial charge on any atom is -0.481 e. The zero-order valence-corrected chi connectivity index (χ0v) is 15.6. The topological polar surface area (TPSA) is 61.8 Å². The highest BCUT2D eigenvalue weighted by molar-refractivity contribution is 6.39. The van der Waals surface area contributed by atoms with Gasteiger partial charge < -0.3 is 15.2 Å². The van der Waals surface area contributed by atoms with E-state index in [4.69, 9.17) is 33.0 Å². The molecule has 1 aliphatic rings. The number of hydrogen-bond donors (Lipinski definition) is 2. The molecule has 0 bridgehead atoms. The van der Waals surface area contributed by atoms with E-state index < -0.39 is 5.97 Å². The number of morpholine rings is 1. The third-order valence-corrected chi connectivity index (χ3v) is 4.94. The molecular weight excluding hydrogens is 375 g/mol. The molecule has 1 heterocycles. The standard InChI is InChI=1S/C19H20Cl2N2O3/c20-15-2-1-3-16(21)19(15)22-14-6-4-13(5-7-14)17-12-23(10-11-26-17)9-8-18(24)25/h1-7,17,22H,8-12H2,(H,24,25). The van der Waals surface area contributed by atoms with E-state index in [0.29, 0.717) is 35.4 Å². The summed E-state index contributed by atoms with van der Waals surface area (Å²) < 4.78 is 5.85. The number of carboxylic acid groups (broad SMARTS) is 1. The average molecular weight is 395 g/mol. The van der Waals surface area contributed by atoms with E-state index in [1.165, 1.54) is 0 Å². The average Bonchev–Trinajstić information content (AvgIpc) is 2.64. The van der Waals surface area contributed by atoms with Crippen molar-refractivity contribution >= 4 is 40.5 Å². The lowest BCUT2D eigenvalue weighted by Crippen LogP contribution is -2.39. The molecule has 7 heteroatoms. The van der Waals surface area contributed by atoms with Gasteiger partial charge >= 0.3 is 5.97 Å². The zero-order chi connectivity index (χ0) is 18.5. The summed E-state index contributed by atoms with van der Waals surface area (Å²) in [6, 6.07) is 13.3. The normalized spacial score (nSPS) is 17.8. The Labute approximate surface area is 162 Å². The predicted molar refractivity (Wildman–Crippen MR) is 104 cm³/mol. The summed E-state index contributed by atoms with van der Waals surface area (Å²) in [6.07, 6.45) is 0.0873. The first-order valence-corrected chi connectivity index (χ1v) is 9.15. The largest absolute Gasteiger partial charge is 0.481 e. The molecule has 1 unspecified atom stereocenters. The van der Waals surface area contributed by atoms with Crippen molar-refractivity contribution in [2.45, 2.75) is 12.5 Å². The van der Waals surface area contributed by atoms with Crippen LogP contribution >= 0.6 is 23.2 Å². The van der Waals surface area contributed by atoms with Crippen LogP contribution in [0.3, 0.4) is 0 Å². The Balaban J connectivity index is 1.64. The molecule has 3 rings (SSSR count). The van der Waals surface area contributed by atoms with Crippen LogP contribution in [-0.2, 0) is 9.53 Å². The Morgan fingerprint density at radius 1 is 1.19 bits per heavy atom. The molecule has 26 heavy (non-hydrogen) atoms. The van der Waals surface area contributed by atoms with Gasteiger partial charge in [0, 0.05) is 25.3 Å². The highest BCUT2D eigenvalue weighted by Crippen LogP contribution is 2.33. The first kappa shape index (κ1) is 19.0. The molecule has 0 aromatic heterocycles. The molecule has 0 radical (unpaired) electrons. The fourth-order valence-electron chi connectivity index (χ4n) is 2.90. The van der Waals surface area contributed by atoms with Crippen LogP contribution < -0.4 is 5.32 Å². The number of rotatable bonds is 6. The van der Waals surface area contributed by atoms with Crippen molar-refractivity contribution in [3.05, 3.63) is 58.1 Å². The van der Waals surface area contributed by atoms with E-state index in [-0.39, 0.29) is 12.5 Å². The van der Waals surface area contributed by atoms with E-state index in [1.807, 2.05) is 24.3 Å². The van der Waals surface area contributed by atoms with Gasteiger partial charge in [0.1, 0.15) is 0 Å². The van der Waals surface area contributed by atoms with E-state index >= 15 is 0 Å². The summed E-state index contributed by atoms with van der Waals surface area (Å²) in [6.45, 7) is 2.59. The maximum atomic E-state index is 10.7. The summed E-state index contributed by atoms with van der Waals surface area (Å²) in [4.78, 5) is 12.9. The highest BCUT2D eigenvalue weighted by Gasteiger charge is 2.22. The summed E-state index contributed by atoms with van der Waals surface area (Å²) in [5.41, 5.74) is 2.61. The van der Waals surface area contributed by atoms with Crippen molar-refractivity contribution in [2.75, 3.05) is 31.6 Å². The molecule has 1 fully saturated rings. The second kappa shape index (κ2) is 8.73. The van der Waals surface area contributed by atoms with Crippen molar-refractivity contribution in [1.29, 1.82) is 0 Å². The van der Waals surface area contributed by atoms with Gasteiger partial charge in [-0.2, -0.15) is 0 Å². The van der Waals surface area contributed by atoms with Gasteiger partial charge in [-0.3, -0.25) is 9.69 Å². The van der Waals surface area contributed by atoms with Crippen LogP contribution in [0.25, 0.3) is 0 Å². The van der Waals surface area contributed by atoms with Crippen LogP contribution in [0.2, 0.25) is 10.0 Å². The van der Waals surface area contributed by atoms with Gasteiger partial charge in [-0.1, -0.05) is 41.4 Å². The SMILES string of the molecule is O=C(O)CCN1CCOC(c2ccc(Nc3c(Cl)cccc3Cl)cc2)C1. The van der Waals surface area contributed by atoms with Gasteiger partial charge in [0.05, 0.1) is 34.9 Å². The van der Waals surface area contributed by atoms with Crippen molar-refractivity contribution in [1.82, 2.24) is 4.90 Å².